The van der Waals surface area contributed by atoms with Crippen LogP contribution in [-0.2, 0) is 11.2 Å². The van der Waals surface area contributed by atoms with Crippen molar-refractivity contribution in [3.05, 3.63) is 59.2 Å². The first kappa shape index (κ1) is 17.9. The van der Waals surface area contributed by atoms with E-state index in [1.165, 1.54) is 16.7 Å². The number of amides is 1. The summed E-state index contributed by atoms with van der Waals surface area (Å²) in [6, 6.07) is 14.2. The summed E-state index contributed by atoms with van der Waals surface area (Å²) in [6.45, 7) is 5.43. The molecule has 2 N–H and O–H groups in total. The van der Waals surface area contributed by atoms with Gasteiger partial charge in [-0.3, -0.25) is 4.79 Å². The molecule has 1 amide bonds. The summed E-state index contributed by atoms with van der Waals surface area (Å²) in [6.07, 6.45) is 1.29. The normalized spacial score (nSPS) is 10.3. The van der Waals surface area contributed by atoms with Gasteiger partial charge in [0.2, 0.25) is 5.91 Å². The van der Waals surface area contributed by atoms with Crippen molar-refractivity contribution in [2.45, 2.75) is 26.7 Å². The Morgan fingerprint density at radius 1 is 1.04 bits per heavy atom. The zero-order valence-corrected chi connectivity index (χ0v) is 14.7. The minimum atomic E-state index is 0.0702. The van der Waals surface area contributed by atoms with Crippen LogP contribution in [0.5, 0.6) is 5.75 Å². The highest BCUT2D eigenvalue weighted by Gasteiger charge is 2.03. The van der Waals surface area contributed by atoms with Gasteiger partial charge < -0.3 is 15.4 Å². The molecule has 0 unspecified atom stereocenters. The fraction of sp³-hybridized carbons (Fsp3) is 0.350. The van der Waals surface area contributed by atoms with E-state index in [-0.39, 0.29) is 5.91 Å². The van der Waals surface area contributed by atoms with Crippen LogP contribution in [-0.4, -0.2) is 26.1 Å². The highest BCUT2D eigenvalue weighted by Crippen LogP contribution is 2.15. The van der Waals surface area contributed by atoms with Crippen LogP contribution in [0.25, 0.3) is 0 Å². The van der Waals surface area contributed by atoms with Gasteiger partial charge in [0.1, 0.15) is 5.75 Å². The van der Waals surface area contributed by atoms with Crippen LogP contribution in [0.1, 0.15) is 23.1 Å². The van der Waals surface area contributed by atoms with Crippen LogP contribution >= 0.6 is 0 Å². The third-order valence-electron chi connectivity index (χ3n) is 3.94. The van der Waals surface area contributed by atoms with Gasteiger partial charge in [-0.15, -0.1) is 0 Å². The Hall–Kier alpha value is -2.49. The number of carbonyl (C=O) groups is 1. The Kier molecular flexibility index (Phi) is 6.67. The van der Waals surface area contributed by atoms with Crippen molar-refractivity contribution >= 4 is 11.6 Å². The third-order valence-corrected chi connectivity index (χ3v) is 3.94. The summed E-state index contributed by atoms with van der Waals surface area (Å²) in [7, 11) is 1.65. The predicted octanol–water partition coefficient (Wildman–Crippen LogP) is 3.47. The van der Waals surface area contributed by atoms with E-state index in [1.54, 1.807) is 7.11 Å². The van der Waals surface area contributed by atoms with E-state index in [9.17, 15) is 4.79 Å². The van der Waals surface area contributed by atoms with E-state index >= 15 is 0 Å². The number of anilines is 1. The average Bonchev–Trinajstić information content (AvgIpc) is 2.57. The lowest BCUT2D eigenvalue weighted by molar-refractivity contribution is -0.120. The summed E-state index contributed by atoms with van der Waals surface area (Å²) in [5.41, 5.74) is 4.72. The molecular formula is C20H26N2O2. The second-order valence-corrected chi connectivity index (χ2v) is 5.94. The predicted molar refractivity (Wildman–Crippen MR) is 98.7 cm³/mol. The van der Waals surface area contributed by atoms with Crippen molar-refractivity contribution in [3.8, 4) is 5.75 Å². The quantitative estimate of drug-likeness (QED) is 0.781. The number of hydrogen-bond acceptors (Lipinski definition) is 3. The molecule has 128 valence electrons. The van der Waals surface area contributed by atoms with Gasteiger partial charge in [-0.1, -0.05) is 29.8 Å². The second-order valence-electron chi connectivity index (χ2n) is 5.94. The molecule has 4 nitrogen and oxygen atoms in total. The fourth-order valence-corrected chi connectivity index (χ4v) is 2.55. The first-order valence-corrected chi connectivity index (χ1v) is 8.29. The van der Waals surface area contributed by atoms with Gasteiger partial charge in [0.25, 0.3) is 0 Å². The van der Waals surface area contributed by atoms with Crippen LogP contribution in [0, 0.1) is 13.8 Å². The molecule has 4 heteroatoms. The number of hydrogen-bond donors (Lipinski definition) is 2. The van der Waals surface area contributed by atoms with Gasteiger partial charge in [0.05, 0.1) is 7.11 Å². The largest absolute Gasteiger partial charge is 0.497 e. The van der Waals surface area contributed by atoms with Gasteiger partial charge >= 0.3 is 0 Å². The summed E-state index contributed by atoms with van der Waals surface area (Å²) < 4.78 is 5.13. The molecule has 0 radical (unpaired) electrons. The van der Waals surface area contributed by atoms with Gasteiger partial charge in [-0.05, 0) is 49.6 Å². The lowest BCUT2D eigenvalue weighted by Crippen LogP contribution is -2.27. The van der Waals surface area contributed by atoms with Crippen molar-refractivity contribution in [1.82, 2.24) is 5.32 Å². The van der Waals surface area contributed by atoms with E-state index in [4.69, 9.17) is 4.74 Å². The highest BCUT2D eigenvalue weighted by atomic mass is 16.5. The van der Waals surface area contributed by atoms with Crippen LogP contribution in [0.4, 0.5) is 5.69 Å². The maximum Gasteiger partial charge on any atom is 0.221 e. The standard InChI is InChI=1S/C20H26N2O2/c1-15-4-9-19(16(2)14-15)21-13-11-20(23)22-12-10-17-5-7-18(24-3)8-6-17/h4-9,14,21H,10-13H2,1-3H3,(H,22,23). The molecule has 2 rings (SSSR count). The molecule has 2 aromatic carbocycles. The van der Waals surface area contributed by atoms with Gasteiger partial charge in [-0.25, -0.2) is 0 Å². The smallest absolute Gasteiger partial charge is 0.221 e. The lowest BCUT2D eigenvalue weighted by atomic mass is 10.1. The molecule has 2 aromatic rings. The molecular weight excluding hydrogens is 300 g/mol. The van der Waals surface area contributed by atoms with E-state index in [1.807, 2.05) is 24.3 Å². The maximum atomic E-state index is 11.9. The topological polar surface area (TPSA) is 50.4 Å². The van der Waals surface area contributed by atoms with Crippen LogP contribution in [0.2, 0.25) is 0 Å². The minimum absolute atomic E-state index is 0.0702. The molecule has 0 spiro atoms. The summed E-state index contributed by atoms with van der Waals surface area (Å²) in [4.78, 5) is 11.9. The molecule has 24 heavy (non-hydrogen) atoms. The molecule has 0 aliphatic heterocycles. The molecule has 0 fully saturated rings. The van der Waals surface area contributed by atoms with Crippen molar-refractivity contribution in [2.75, 3.05) is 25.5 Å². The first-order chi connectivity index (χ1) is 11.6. The minimum Gasteiger partial charge on any atom is -0.497 e. The van der Waals surface area contributed by atoms with Gasteiger partial charge in [-0.2, -0.15) is 0 Å². The Morgan fingerprint density at radius 2 is 1.79 bits per heavy atom. The number of aryl methyl sites for hydroxylation is 2. The third kappa shape index (κ3) is 5.61. The molecule has 0 aliphatic carbocycles. The zero-order chi connectivity index (χ0) is 17.4. The Morgan fingerprint density at radius 3 is 2.46 bits per heavy atom. The molecule has 0 aliphatic rings. The van der Waals surface area contributed by atoms with Gasteiger partial charge in [0, 0.05) is 25.2 Å². The van der Waals surface area contributed by atoms with Crippen molar-refractivity contribution in [2.24, 2.45) is 0 Å². The van der Waals surface area contributed by atoms with Crippen molar-refractivity contribution in [3.63, 3.8) is 0 Å². The van der Waals surface area contributed by atoms with E-state index < -0.39 is 0 Å². The average molecular weight is 326 g/mol. The summed E-state index contributed by atoms with van der Waals surface area (Å²) in [5, 5.41) is 6.28. The van der Waals surface area contributed by atoms with Gasteiger partial charge in [0.15, 0.2) is 0 Å². The fourth-order valence-electron chi connectivity index (χ4n) is 2.55. The Balaban J connectivity index is 1.66. The van der Waals surface area contributed by atoms with Crippen molar-refractivity contribution < 1.29 is 9.53 Å². The number of carbonyl (C=O) groups excluding carboxylic acids is 1. The lowest BCUT2D eigenvalue weighted by Gasteiger charge is -2.10. The molecule has 0 saturated carbocycles. The van der Waals surface area contributed by atoms with Crippen molar-refractivity contribution in [1.29, 1.82) is 0 Å². The number of ether oxygens (including phenoxy) is 1. The Labute approximate surface area is 144 Å². The summed E-state index contributed by atoms with van der Waals surface area (Å²) in [5.74, 6) is 0.918. The molecule has 0 bridgehead atoms. The van der Waals surface area contributed by atoms with Crippen LogP contribution in [0.15, 0.2) is 42.5 Å². The van der Waals surface area contributed by atoms with E-state index in [0.717, 1.165) is 17.9 Å². The molecule has 0 aromatic heterocycles. The monoisotopic (exact) mass is 326 g/mol. The maximum absolute atomic E-state index is 11.9. The zero-order valence-electron chi connectivity index (χ0n) is 14.7. The second kappa shape index (κ2) is 8.96. The summed E-state index contributed by atoms with van der Waals surface area (Å²) >= 11 is 0. The number of benzene rings is 2. The molecule has 0 atom stereocenters. The van der Waals surface area contributed by atoms with Crippen LogP contribution < -0.4 is 15.4 Å². The molecule has 0 saturated heterocycles. The Bertz CT molecular complexity index is 666. The molecule has 0 heterocycles. The van der Waals surface area contributed by atoms with E-state index in [0.29, 0.717) is 19.5 Å². The van der Waals surface area contributed by atoms with E-state index in [2.05, 4.69) is 42.7 Å². The highest BCUT2D eigenvalue weighted by molar-refractivity contribution is 5.76. The number of methoxy groups -OCH3 is 1. The number of nitrogens with one attached hydrogen (secondary N) is 2. The first-order valence-electron chi connectivity index (χ1n) is 8.29. The SMILES string of the molecule is COc1ccc(CCNC(=O)CCNc2ccc(C)cc2C)cc1. The number of rotatable bonds is 8. The van der Waals surface area contributed by atoms with Crippen LogP contribution in [0.3, 0.4) is 0 Å².